The van der Waals surface area contributed by atoms with Crippen molar-refractivity contribution in [2.24, 2.45) is 0 Å². The molecule has 0 spiro atoms. The maximum absolute atomic E-state index is 12.0. The van der Waals surface area contributed by atoms with Crippen LogP contribution in [0.25, 0.3) is 10.8 Å². The highest BCUT2D eigenvalue weighted by Gasteiger charge is 2.08. The quantitative estimate of drug-likeness (QED) is 0.310. The molecule has 0 bridgehead atoms. The second-order valence-electron chi connectivity index (χ2n) is 6.96. The van der Waals surface area contributed by atoms with Crippen molar-refractivity contribution in [2.75, 3.05) is 19.8 Å². The first-order valence-corrected chi connectivity index (χ1v) is 10.0. The lowest BCUT2D eigenvalue weighted by Gasteiger charge is -2.11. The number of benzene rings is 3. The molecule has 3 rings (SSSR count). The number of rotatable bonds is 9. The zero-order chi connectivity index (χ0) is 22.1. The highest BCUT2D eigenvalue weighted by Crippen LogP contribution is 2.29. The van der Waals surface area contributed by atoms with E-state index in [1.165, 1.54) is 5.56 Å². The molecule has 1 N–H and O–H groups in total. The molecule has 6 heteroatoms. The number of nitrogens with one attached hydrogen (secondary N) is 1. The zero-order valence-corrected chi connectivity index (χ0v) is 17.4. The van der Waals surface area contributed by atoms with Gasteiger partial charge in [-0.15, -0.1) is 0 Å². The van der Waals surface area contributed by atoms with Crippen LogP contribution in [0.5, 0.6) is 11.5 Å². The Bertz CT molecular complexity index is 1060. The molecule has 0 aliphatic rings. The van der Waals surface area contributed by atoms with Crippen molar-refractivity contribution in [1.29, 1.82) is 0 Å². The molecular weight excluding hydrogens is 394 g/mol. The smallest absolute Gasteiger partial charge is 0.412 e. The predicted octanol–water partition coefficient (Wildman–Crippen LogP) is 4.67. The number of amides is 1. The zero-order valence-electron chi connectivity index (χ0n) is 17.4. The maximum atomic E-state index is 12.0. The van der Waals surface area contributed by atoms with Gasteiger partial charge in [-0.3, -0.25) is 0 Å². The molecule has 0 unspecified atom stereocenters. The fourth-order valence-electron chi connectivity index (χ4n) is 2.91. The minimum atomic E-state index is -0.624. The molecule has 160 valence electrons. The first kappa shape index (κ1) is 21.9. The van der Waals surface area contributed by atoms with E-state index >= 15 is 0 Å². The van der Waals surface area contributed by atoms with E-state index in [0.29, 0.717) is 17.9 Å². The highest BCUT2D eigenvalue weighted by molar-refractivity contribution is 5.90. The van der Waals surface area contributed by atoms with E-state index in [1.807, 2.05) is 42.5 Å². The molecular formula is C25H25NO5. The Morgan fingerprint density at radius 1 is 0.968 bits per heavy atom. The minimum Gasteiger partial charge on any atom is -0.493 e. The molecule has 6 nitrogen and oxygen atoms in total. The van der Waals surface area contributed by atoms with Crippen molar-refractivity contribution < 1.29 is 23.8 Å². The highest BCUT2D eigenvalue weighted by atomic mass is 16.6. The van der Waals surface area contributed by atoms with Crippen molar-refractivity contribution in [1.82, 2.24) is 5.32 Å². The normalized spacial score (nSPS) is 10.4. The van der Waals surface area contributed by atoms with Crippen molar-refractivity contribution in [3.05, 3.63) is 84.4 Å². The molecule has 31 heavy (non-hydrogen) atoms. The van der Waals surface area contributed by atoms with Gasteiger partial charge in [-0.1, -0.05) is 49.0 Å². The number of hydrogen-bond donors (Lipinski definition) is 1. The average Bonchev–Trinajstić information content (AvgIpc) is 2.77. The Hall–Kier alpha value is -3.80. The first-order chi connectivity index (χ1) is 15.0. The lowest BCUT2D eigenvalue weighted by Crippen LogP contribution is -2.30. The summed E-state index contributed by atoms with van der Waals surface area (Å²) in [5.74, 6) is 0.695. The van der Waals surface area contributed by atoms with Gasteiger partial charge >= 0.3 is 12.1 Å². The fraction of sp³-hybridized carbons (Fsp3) is 0.200. The molecule has 0 aliphatic heterocycles. The number of carbonyl (C=O) groups is 2. The van der Waals surface area contributed by atoms with Crippen LogP contribution in [0.15, 0.2) is 78.9 Å². The van der Waals surface area contributed by atoms with Crippen LogP contribution in [-0.4, -0.2) is 31.8 Å². The summed E-state index contributed by atoms with van der Waals surface area (Å²) < 4.78 is 16.2. The summed E-state index contributed by atoms with van der Waals surface area (Å²) in [4.78, 5) is 23.2. The molecule has 0 radical (unpaired) electrons. The number of ether oxygens (including phenoxy) is 3. The van der Waals surface area contributed by atoms with E-state index in [2.05, 4.69) is 24.0 Å². The van der Waals surface area contributed by atoms with Crippen LogP contribution in [0, 0.1) is 0 Å². The van der Waals surface area contributed by atoms with Crippen molar-refractivity contribution in [3.8, 4) is 11.5 Å². The van der Waals surface area contributed by atoms with Gasteiger partial charge in [-0.25, -0.2) is 9.59 Å². The van der Waals surface area contributed by atoms with E-state index in [-0.39, 0.29) is 13.2 Å². The monoisotopic (exact) mass is 419 g/mol. The van der Waals surface area contributed by atoms with E-state index in [4.69, 9.17) is 14.2 Å². The van der Waals surface area contributed by atoms with Crippen LogP contribution < -0.4 is 14.8 Å². The van der Waals surface area contributed by atoms with Crippen LogP contribution in [0.3, 0.4) is 0 Å². The van der Waals surface area contributed by atoms with Gasteiger partial charge in [-0.05, 0) is 42.1 Å². The SMILES string of the molecule is C=C(C)C(=O)OCCNC(=O)Oc1ccc2c(OCCc3ccccc3)cccc2c1. The van der Waals surface area contributed by atoms with Crippen LogP contribution in [0.2, 0.25) is 0 Å². The van der Waals surface area contributed by atoms with Gasteiger partial charge in [0.1, 0.15) is 18.1 Å². The minimum absolute atomic E-state index is 0.0438. The van der Waals surface area contributed by atoms with Crippen molar-refractivity contribution in [2.45, 2.75) is 13.3 Å². The summed E-state index contributed by atoms with van der Waals surface area (Å²) in [6.45, 7) is 5.81. The molecule has 3 aromatic rings. The van der Waals surface area contributed by atoms with Crippen LogP contribution in [0.1, 0.15) is 12.5 Å². The third kappa shape index (κ3) is 6.60. The van der Waals surface area contributed by atoms with E-state index in [0.717, 1.165) is 22.9 Å². The van der Waals surface area contributed by atoms with Crippen molar-refractivity contribution in [3.63, 3.8) is 0 Å². The molecule has 0 fully saturated rings. The fourth-order valence-corrected chi connectivity index (χ4v) is 2.91. The van der Waals surface area contributed by atoms with E-state index in [9.17, 15) is 9.59 Å². The molecule has 0 saturated carbocycles. The lowest BCUT2D eigenvalue weighted by molar-refractivity contribution is -0.138. The molecule has 0 heterocycles. The van der Waals surface area contributed by atoms with E-state index in [1.54, 1.807) is 19.1 Å². The summed E-state index contributed by atoms with van der Waals surface area (Å²) in [6, 6.07) is 21.3. The van der Waals surface area contributed by atoms with Gasteiger partial charge in [0, 0.05) is 17.4 Å². The number of esters is 1. The number of carbonyl (C=O) groups excluding carboxylic acids is 2. The van der Waals surface area contributed by atoms with Gasteiger partial charge in [0.25, 0.3) is 0 Å². The Morgan fingerprint density at radius 3 is 2.55 bits per heavy atom. The van der Waals surface area contributed by atoms with Gasteiger partial charge in [0.05, 0.1) is 13.2 Å². The topological polar surface area (TPSA) is 73.9 Å². The summed E-state index contributed by atoms with van der Waals surface area (Å²) in [5, 5.41) is 4.38. The molecule has 0 atom stereocenters. The second kappa shape index (κ2) is 10.8. The first-order valence-electron chi connectivity index (χ1n) is 10.0. The van der Waals surface area contributed by atoms with Gasteiger partial charge in [-0.2, -0.15) is 0 Å². The third-order valence-electron chi connectivity index (χ3n) is 4.47. The predicted molar refractivity (Wildman–Crippen MR) is 119 cm³/mol. The Balaban J connectivity index is 1.53. The van der Waals surface area contributed by atoms with E-state index < -0.39 is 12.1 Å². The Morgan fingerprint density at radius 2 is 1.77 bits per heavy atom. The molecule has 0 aliphatic carbocycles. The maximum Gasteiger partial charge on any atom is 0.412 e. The largest absolute Gasteiger partial charge is 0.493 e. The van der Waals surface area contributed by atoms with Crippen LogP contribution >= 0.6 is 0 Å². The molecule has 0 aromatic heterocycles. The molecule has 0 saturated heterocycles. The average molecular weight is 419 g/mol. The summed E-state index contributed by atoms with van der Waals surface area (Å²) in [5.41, 5.74) is 1.53. The summed E-state index contributed by atoms with van der Waals surface area (Å²) >= 11 is 0. The molecule has 1 amide bonds. The number of fused-ring (bicyclic) bond motifs is 1. The third-order valence-corrected chi connectivity index (χ3v) is 4.47. The van der Waals surface area contributed by atoms with Crippen molar-refractivity contribution >= 4 is 22.8 Å². The lowest BCUT2D eigenvalue weighted by atomic mass is 10.1. The second-order valence-corrected chi connectivity index (χ2v) is 6.96. The van der Waals surface area contributed by atoms with Crippen LogP contribution in [-0.2, 0) is 16.0 Å². The Labute approximate surface area is 181 Å². The van der Waals surface area contributed by atoms with Gasteiger partial charge in [0.2, 0.25) is 0 Å². The summed E-state index contributed by atoms with van der Waals surface area (Å²) in [6.07, 6.45) is 0.196. The Kier molecular flexibility index (Phi) is 7.65. The summed E-state index contributed by atoms with van der Waals surface area (Å²) in [7, 11) is 0. The van der Waals surface area contributed by atoms with Gasteiger partial charge < -0.3 is 19.5 Å². The van der Waals surface area contributed by atoms with Gasteiger partial charge in [0.15, 0.2) is 0 Å². The number of hydrogen-bond acceptors (Lipinski definition) is 5. The standard InChI is InChI=1S/C25H25NO5/c1-18(2)24(27)30-16-14-26-25(28)31-21-11-12-22-20(17-21)9-6-10-23(22)29-15-13-19-7-4-3-5-8-19/h3-12,17H,1,13-16H2,2H3,(H,26,28). The van der Waals surface area contributed by atoms with Crippen LogP contribution in [0.4, 0.5) is 4.79 Å². The molecule has 3 aromatic carbocycles.